The standard InChI is InChI=1S/C22H22/c1-4-10-17(11-5-1)21(18-12-6-2-7-13-18)16-22-19-14-8-3-9-15-20(19)22/h1-2,4-7,10-13,19-20H,3,8-9,14-15H2/t19-,20+. The van der Waals surface area contributed by atoms with E-state index in [0.717, 1.165) is 11.8 Å². The van der Waals surface area contributed by atoms with Gasteiger partial charge in [-0.2, -0.15) is 0 Å². The second-order valence-corrected chi connectivity index (χ2v) is 6.54. The van der Waals surface area contributed by atoms with E-state index in [1.165, 1.54) is 48.8 Å². The van der Waals surface area contributed by atoms with Gasteiger partial charge >= 0.3 is 0 Å². The Labute approximate surface area is 133 Å². The van der Waals surface area contributed by atoms with Gasteiger partial charge in [-0.3, -0.25) is 0 Å². The minimum absolute atomic E-state index is 0.824. The zero-order valence-electron chi connectivity index (χ0n) is 13.0. The van der Waals surface area contributed by atoms with E-state index in [0.29, 0.717) is 0 Å². The summed E-state index contributed by atoms with van der Waals surface area (Å²) in [5.74, 6) is 1.65. The van der Waals surface area contributed by atoms with E-state index in [-0.39, 0.29) is 0 Å². The molecule has 0 heteroatoms. The van der Waals surface area contributed by atoms with Crippen molar-refractivity contribution < 1.29 is 0 Å². The van der Waals surface area contributed by atoms with Crippen LogP contribution in [0.25, 0.3) is 5.57 Å². The molecule has 2 aromatic carbocycles. The zero-order chi connectivity index (χ0) is 14.8. The van der Waals surface area contributed by atoms with Crippen LogP contribution >= 0.6 is 0 Å². The summed E-state index contributed by atoms with van der Waals surface area (Å²) < 4.78 is 0. The Morgan fingerprint density at radius 1 is 0.682 bits per heavy atom. The van der Waals surface area contributed by atoms with E-state index in [9.17, 15) is 0 Å². The van der Waals surface area contributed by atoms with Crippen LogP contribution in [0.2, 0.25) is 0 Å². The normalized spacial score (nSPS) is 23.2. The third-order valence-corrected chi connectivity index (χ3v) is 5.10. The predicted octanol–water partition coefficient (Wildman–Crippen LogP) is 5.85. The first-order chi connectivity index (χ1) is 10.9. The van der Waals surface area contributed by atoms with Crippen molar-refractivity contribution in [2.45, 2.75) is 32.1 Å². The number of fused-ring (bicyclic) bond motifs is 1. The molecule has 2 saturated carbocycles. The van der Waals surface area contributed by atoms with Crippen molar-refractivity contribution in [2.75, 3.05) is 0 Å². The Morgan fingerprint density at radius 3 is 1.68 bits per heavy atom. The van der Waals surface area contributed by atoms with Gasteiger partial charge in [0.05, 0.1) is 0 Å². The average molecular weight is 286 g/mol. The highest BCUT2D eigenvalue weighted by molar-refractivity contribution is 5.80. The molecule has 110 valence electrons. The van der Waals surface area contributed by atoms with Gasteiger partial charge in [0.15, 0.2) is 0 Å². The molecule has 0 bridgehead atoms. The molecule has 0 aliphatic heterocycles. The maximum atomic E-state index is 3.83. The van der Waals surface area contributed by atoms with Crippen LogP contribution in [0.5, 0.6) is 0 Å². The van der Waals surface area contributed by atoms with Crippen LogP contribution in [0.15, 0.2) is 72.0 Å². The first-order valence-electron chi connectivity index (χ1n) is 8.55. The summed E-state index contributed by atoms with van der Waals surface area (Å²) in [7, 11) is 0. The van der Waals surface area contributed by atoms with Crippen molar-refractivity contribution in [2.24, 2.45) is 11.8 Å². The Morgan fingerprint density at radius 2 is 1.18 bits per heavy atom. The largest absolute Gasteiger partial charge is 0.112 e. The summed E-state index contributed by atoms with van der Waals surface area (Å²) in [5.41, 5.74) is 9.24. The molecule has 0 unspecified atom stereocenters. The fourth-order valence-corrected chi connectivity index (χ4v) is 3.85. The first kappa shape index (κ1) is 13.6. The summed E-state index contributed by atoms with van der Waals surface area (Å²) in [6.45, 7) is 0. The smallest absolute Gasteiger partial charge is 0.0309 e. The van der Waals surface area contributed by atoms with Crippen molar-refractivity contribution in [3.63, 3.8) is 0 Å². The molecule has 0 N–H and O–H groups in total. The predicted molar refractivity (Wildman–Crippen MR) is 92.5 cm³/mol. The molecule has 0 spiro atoms. The van der Waals surface area contributed by atoms with E-state index < -0.39 is 0 Å². The Hall–Kier alpha value is -2.04. The van der Waals surface area contributed by atoms with Crippen LogP contribution in [-0.2, 0) is 0 Å². The molecule has 2 aliphatic rings. The number of hydrogen-bond acceptors (Lipinski definition) is 0. The van der Waals surface area contributed by atoms with Gasteiger partial charge in [0.25, 0.3) is 0 Å². The molecule has 2 fully saturated rings. The molecule has 4 rings (SSSR count). The number of allylic oxidation sites excluding steroid dienone is 1. The third kappa shape index (κ3) is 2.67. The average Bonchev–Trinajstić information content (AvgIpc) is 3.29. The number of hydrogen-bond donors (Lipinski definition) is 0. The molecule has 0 aromatic heterocycles. The van der Waals surface area contributed by atoms with Gasteiger partial charge in [0.1, 0.15) is 0 Å². The van der Waals surface area contributed by atoms with E-state index in [2.05, 4.69) is 66.4 Å². The molecule has 0 radical (unpaired) electrons. The van der Waals surface area contributed by atoms with Crippen LogP contribution in [0.4, 0.5) is 0 Å². The van der Waals surface area contributed by atoms with E-state index >= 15 is 0 Å². The maximum absolute atomic E-state index is 3.83. The maximum Gasteiger partial charge on any atom is 0.0309 e. The second-order valence-electron chi connectivity index (χ2n) is 6.54. The van der Waals surface area contributed by atoms with Gasteiger partial charge in [-0.15, -0.1) is 5.73 Å². The second kappa shape index (κ2) is 5.99. The monoisotopic (exact) mass is 286 g/mol. The van der Waals surface area contributed by atoms with Crippen LogP contribution < -0.4 is 0 Å². The van der Waals surface area contributed by atoms with E-state index in [4.69, 9.17) is 0 Å². The summed E-state index contributed by atoms with van der Waals surface area (Å²) >= 11 is 0. The minimum atomic E-state index is 0.824. The zero-order valence-corrected chi connectivity index (χ0v) is 13.0. The minimum Gasteiger partial charge on any atom is -0.112 e. The van der Waals surface area contributed by atoms with Crippen LogP contribution in [-0.4, -0.2) is 0 Å². The summed E-state index contributed by atoms with van der Waals surface area (Å²) in [6, 6.07) is 21.5. The summed E-state index contributed by atoms with van der Waals surface area (Å²) in [5, 5.41) is 0. The van der Waals surface area contributed by atoms with Gasteiger partial charge in [0, 0.05) is 5.57 Å². The highest BCUT2D eigenvalue weighted by Gasteiger charge is 2.43. The van der Waals surface area contributed by atoms with Gasteiger partial charge in [0.2, 0.25) is 0 Å². The first-order valence-corrected chi connectivity index (χ1v) is 8.55. The Kier molecular flexibility index (Phi) is 3.70. The van der Waals surface area contributed by atoms with Gasteiger partial charge in [-0.05, 0) is 41.4 Å². The van der Waals surface area contributed by atoms with Gasteiger partial charge in [-0.1, -0.05) is 79.9 Å². The van der Waals surface area contributed by atoms with E-state index in [1.54, 1.807) is 5.57 Å². The molecule has 0 amide bonds. The molecular weight excluding hydrogens is 264 g/mol. The van der Waals surface area contributed by atoms with Crippen molar-refractivity contribution >= 4 is 5.57 Å². The molecular formula is C22H22. The lowest BCUT2D eigenvalue weighted by Gasteiger charge is -2.05. The molecule has 0 heterocycles. The summed E-state index contributed by atoms with van der Waals surface area (Å²) in [6.07, 6.45) is 6.98. The molecule has 0 nitrogen and oxygen atoms in total. The van der Waals surface area contributed by atoms with Crippen LogP contribution in [0.3, 0.4) is 0 Å². The fourth-order valence-electron chi connectivity index (χ4n) is 3.85. The molecule has 0 saturated heterocycles. The van der Waals surface area contributed by atoms with Gasteiger partial charge in [-0.25, -0.2) is 0 Å². The third-order valence-electron chi connectivity index (χ3n) is 5.10. The van der Waals surface area contributed by atoms with E-state index in [1.807, 2.05) is 0 Å². The number of benzene rings is 2. The quantitative estimate of drug-likeness (QED) is 0.607. The summed E-state index contributed by atoms with van der Waals surface area (Å²) in [4.78, 5) is 0. The van der Waals surface area contributed by atoms with Crippen LogP contribution in [0.1, 0.15) is 43.2 Å². The lowest BCUT2D eigenvalue weighted by atomic mass is 9.98. The Balaban J connectivity index is 1.80. The Bertz CT molecular complexity index is 647. The SMILES string of the molecule is C(=C(c1ccccc1)c1ccccc1)=C1[C@H]2CCCCC[C@@H]12. The molecule has 2 aromatic rings. The molecule has 2 aliphatic carbocycles. The highest BCUT2D eigenvalue weighted by atomic mass is 14.5. The van der Waals surface area contributed by atoms with Gasteiger partial charge < -0.3 is 0 Å². The molecule has 22 heavy (non-hydrogen) atoms. The van der Waals surface area contributed by atoms with Crippen LogP contribution in [0, 0.1) is 11.8 Å². The number of rotatable bonds is 2. The van der Waals surface area contributed by atoms with Crippen molar-refractivity contribution in [3.8, 4) is 0 Å². The fraction of sp³-hybridized carbons (Fsp3) is 0.318. The topological polar surface area (TPSA) is 0 Å². The van der Waals surface area contributed by atoms with Crippen molar-refractivity contribution in [3.05, 3.63) is 83.1 Å². The van der Waals surface area contributed by atoms with Crippen molar-refractivity contribution in [1.29, 1.82) is 0 Å². The molecule has 2 atom stereocenters. The lowest BCUT2D eigenvalue weighted by molar-refractivity contribution is 0.663. The lowest BCUT2D eigenvalue weighted by Crippen LogP contribution is -1.86. The van der Waals surface area contributed by atoms with Crippen molar-refractivity contribution in [1.82, 2.24) is 0 Å². The highest BCUT2D eigenvalue weighted by Crippen LogP contribution is 2.53.